The number of carbonyl (C=O) groups excluding carboxylic acids is 1. The molecule has 1 fully saturated rings. The van der Waals surface area contributed by atoms with E-state index in [-0.39, 0.29) is 31.4 Å². The molecule has 1 rings (SSSR count). The number of hydrogen-bond acceptors (Lipinski definition) is 4. The molecular weight excluding hydrogens is 280 g/mol. The molecule has 108 valence electrons. The van der Waals surface area contributed by atoms with Gasteiger partial charge in [0, 0.05) is 26.2 Å². The lowest BCUT2D eigenvalue weighted by atomic mass is 10.1. The van der Waals surface area contributed by atoms with Gasteiger partial charge in [0.25, 0.3) is 10.2 Å². The van der Waals surface area contributed by atoms with Crippen LogP contribution >= 0.6 is 12.4 Å². The van der Waals surface area contributed by atoms with Gasteiger partial charge in [-0.2, -0.15) is 12.7 Å². The van der Waals surface area contributed by atoms with Crippen LogP contribution in [0.15, 0.2) is 0 Å². The van der Waals surface area contributed by atoms with E-state index in [4.69, 9.17) is 10.9 Å². The van der Waals surface area contributed by atoms with E-state index in [0.29, 0.717) is 19.5 Å². The van der Waals surface area contributed by atoms with E-state index >= 15 is 0 Å². The Hall–Kier alpha value is -0.410. The number of amides is 1. The van der Waals surface area contributed by atoms with E-state index in [0.717, 1.165) is 6.42 Å². The maximum absolute atomic E-state index is 11.8. The first-order chi connectivity index (χ1) is 7.86. The fraction of sp³-hybridized carbons (Fsp3) is 0.889. The Morgan fingerprint density at radius 1 is 1.28 bits per heavy atom. The van der Waals surface area contributed by atoms with Crippen molar-refractivity contribution in [2.24, 2.45) is 10.9 Å². The number of carbonyl (C=O) groups is 1. The van der Waals surface area contributed by atoms with E-state index in [1.807, 2.05) is 6.92 Å². The number of halogens is 1. The Morgan fingerprint density at radius 2 is 1.78 bits per heavy atom. The SMILES string of the molecule is CCCC(N)C(=O)N1CCN(S(N)(=O)=O)CC1.Cl. The van der Waals surface area contributed by atoms with Gasteiger partial charge >= 0.3 is 0 Å². The van der Waals surface area contributed by atoms with Crippen LogP contribution in [0.1, 0.15) is 19.8 Å². The summed E-state index contributed by atoms with van der Waals surface area (Å²) in [5, 5.41) is 5.01. The van der Waals surface area contributed by atoms with Gasteiger partial charge in [-0.15, -0.1) is 12.4 Å². The summed E-state index contributed by atoms with van der Waals surface area (Å²) in [5.41, 5.74) is 5.73. The van der Waals surface area contributed by atoms with Gasteiger partial charge in [0.15, 0.2) is 0 Å². The molecule has 1 atom stereocenters. The molecule has 0 aromatic carbocycles. The van der Waals surface area contributed by atoms with E-state index in [9.17, 15) is 13.2 Å². The van der Waals surface area contributed by atoms with Gasteiger partial charge in [0.05, 0.1) is 6.04 Å². The van der Waals surface area contributed by atoms with Crippen LogP contribution in [0.5, 0.6) is 0 Å². The minimum atomic E-state index is -3.64. The summed E-state index contributed by atoms with van der Waals surface area (Å²) in [7, 11) is -3.64. The van der Waals surface area contributed by atoms with Crippen LogP contribution in [0.2, 0.25) is 0 Å². The fourth-order valence-electron chi connectivity index (χ4n) is 1.83. The fourth-order valence-corrected chi connectivity index (χ4v) is 2.50. The summed E-state index contributed by atoms with van der Waals surface area (Å²) in [4.78, 5) is 13.4. The molecule has 0 saturated carbocycles. The van der Waals surface area contributed by atoms with E-state index in [2.05, 4.69) is 0 Å². The zero-order chi connectivity index (χ0) is 13.1. The van der Waals surface area contributed by atoms with Crippen LogP contribution in [0, 0.1) is 0 Å². The number of nitrogens with two attached hydrogens (primary N) is 2. The molecule has 4 N–H and O–H groups in total. The summed E-state index contributed by atoms with van der Waals surface area (Å²) in [6, 6.07) is -0.485. The maximum atomic E-state index is 11.8. The number of rotatable bonds is 4. The zero-order valence-electron chi connectivity index (χ0n) is 10.4. The summed E-state index contributed by atoms with van der Waals surface area (Å²) in [6.45, 7) is 3.15. The average Bonchev–Trinajstić information content (AvgIpc) is 2.27. The highest BCUT2D eigenvalue weighted by Gasteiger charge is 2.28. The highest BCUT2D eigenvalue weighted by atomic mass is 35.5. The van der Waals surface area contributed by atoms with Crippen molar-refractivity contribution in [3.05, 3.63) is 0 Å². The molecule has 18 heavy (non-hydrogen) atoms. The quantitative estimate of drug-likeness (QED) is 0.685. The van der Waals surface area contributed by atoms with Crippen molar-refractivity contribution in [3.63, 3.8) is 0 Å². The van der Waals surface area contributed by atoms with Crippen molar-refractivity contribution in [2.45, 2.75) is 25.8 Å². The second-order valence-corrected chi connectivity index (χ2v) is 5.71. The molecule has 9 heteroatoms. The first-order valence-corrected chi connectivity index (χ1v) is 7.18. The van der Waals surface area contributed by atoms with Gasteiger partial charge in [-0.1, -0.05) is 13.3 Å². The molecule has 0 radical (unpaired) electrons. The van der Waals surface area contributed by atoms with Gasteiger partial charge in [0.2, 0.25) is 5.91 Å². The molecule has 1 heterocycles. The Kier molecular flexibility index (Phi) is 7.08. The molecule has 0 aromatic heterocycles. The lowest BCUT2D eigenvalue weighted by molar-refractivity contribution is -0.133. The van der Waals surface area contributed by atoms with Crippen LogP contribution in [0.25, 0.3) is 0 Å². The highest BCUT2D eigenvalue weighted by Crippen LogP contribution is 2.07. The van der Waals surface area contributed by atoms with Gasteiger partial charge in [-0.3, -0.25) is 4.79 Å². The number of nitrogens with zero attached hydrogens (tertiary/aromatic N) is 2. The highest BCUT2D eigenvalue weighted by molar-refractivity contribution is 7.86. The standard InChI is InChI=1S/C9H20N4O3S.ClH/c1-2-3-8(10)9(14)12-4-6-13(7-5-12)17(11,15)16;/h8H,2-7,10H2,1H3,(H2,11,15,16);1H. The topological polar surface area (TPSA) is 110 Å². The molecule has 1 aliphatic heterocycles. The van der Waals surface area contributed by atoms with Crippen LogP contribution < -0.4 is 10.9 Å². The van der Waals surface area contributed by atoms with Crippen molar-refractivity contribution >= 4 is 28.5 Å². The summed E-state index contributed by atoms with van der Waals surface area (Å²) in [6.07, 6.45) is 1.50. The predicted molar refractivity (Wildman–Crippen MR) is 71.4 cm³/mol. The summed E-state index contributed by atoms with van der Waals surface area (Å²) < 4.78 is 23.3. The van der Waals surface area contributed by atoms with E-state index < -0.39 is 16.3 Å². The third-order valence-corrected chi connectivity index (χ3v) is 3.91. The Bertz CT molecular complexity index is 368. The smallest absolute Gasteiger partial charge is 0.277 e. The molecule has 0 bridgehead atoms. The minimum Gasteiger partial charge on any atom is -0.339 e. The third kappa shape index (κ3) is 4.69. The number of piperazine rings is 1. The van der Waals surface area contributed by atoms with Crippen molar-refractivity contribution in [1.82, 2.24) is 9.21 Å². The summed E-state index contributed by atoms with van der Waals surface area (Å²) in [5.74, 6) is -0.110. The molecule has 1 amide bonds. The molecule has 0 aromatic rings. The van der Waals surface area contributed by atoms with Crippen molar-refractivity contribution < 1.29 is 13.2 Å². The first kappa shape index (κ1) is 17.6. The van der Waals surface area contributed by atoms with Crippen LogP contribution in [0.3, 0.4) is 0 Å². The lowest BCUT2D eigenvalue weighted by Crippen LogP contribution is -2.55. The van der Waals surface area contributed by atoms with Crippen molar-refractivity contribution in [3.8, 4) is 0 Å². The van der Waals surface area contributed by atoms with E-state index in [1.165, 1.54) is 4.31 Å². The van der Waals surface area contributed by atoms with Crippen molar-refractivity contribution in [1.29, 1.82) is 0 Å². The minimum absolute atomic E-state index is 0. The second kappa shape index (κ2) is 7.25. The lowest BCUT2D eigenvalue weighted by Gasteiger charge is -2.34. The van der Waals surface area contributed by atoms with Gasteiger partial charge in [-0.05, 0) is 6.42 Å². The molecule has 1 unspecified atom stereocenters. The third-order valence-electron chi connectivity index (χ3n) is 2.83. The Labute approximate surface area is 114 Å². The van der Waals surface area contributed by atoms with Gasteiger partial charge in [-0.25, -0.2) is 5.14 Å². The van der Waals surface area contributed by atoms with Crippen LogP contribution in [-0.2, 0) is 15.0 Å². The molecule has 1 saturated heterocycles. The molecule has 0 spiro atoms. The van der Waals surface area contributed by atoms with Gasteiger partial charge < -0.3 is 10.6 Å². The predicted octanol–water partition coefficient (Wildman–Crippen LogP) is -1.12. The maximum Gasteiger partial charge on any atom is 0.277 e. The van der Waals surface area contributed by atoms with Crippen LogP contribution in [0.4, 0.5) is 0 Å². The van der Waals surface area contributed by atoms with Crippen LogP contribution in [-0.4, -0.2) is 55.8 Å². The average molecular weight is 301 g/mol. The largest absolute Gasteiger partial charge is 0.339 e. The molecule has 1 aliphatic rings. The zero-order valence-corrected chi connectivity index (χ0v) is 12.0. The monoisotopic (exact) mass is 300 g/mol. The van der Waals surface area contributed by atoms with Gasteiger partial charge in [0.1, 0.15) is 0 Å². The second-order valence-electron chi connectivity index (χ2n) is 4.16. The Balaban J connectivity index is 0.00000289. The number of hydrogen-bond donors (Lipinski definition) is 2. The Morgan fingerprint density at radius 3 is 2.17 bits per heavy atom. The molecular formula is C9H21ClN4O3S. The molecule has 7 nitrogen and oxygen atoms in total. The molecule has 0 aliphatic carbocycles. The first-order valence-electron chi connectivity index (χ1n) is 5.68. The van der Waals surface area contributed by atoms with E-state index in [1.54, 1.807) is 4.90 Å². The van der Waals surface area contributed by atoms with Crippen molar-refractivity contribution in [2.75, 3.05) is 26.2 Å². The summed E-state index contributed by atoms with van der Waals surface area (Å²) >= 11 is 0. The normalized spacial score (nSPS) is 19.2.